The normalized spacial score (nSPS) is 17.6. The van der Waals surface area contributed by atoms with Crippen LogP contribution in [-0.2, 0) is 9.59 Å². The molecular formula is C25H19BrFNO4. The van der Waals surface area contributed by atoms with Gasteiger partial charge in [0.15, 0.2) is 0 Å². The zero-order chi connectivity index (χ0) is 23.0. The lowest BCUT2D eigenvalue weighted by molar-refractivity contribution is -0.132. The molecule has 1 heterocycles. The van der Waals surface area contributed by atoms with Crippen molar-refractivity contribution < 1.29 is 23.8 Å². The molecule has 32 heavy (non-hydrogen) atoms. The monoisotopic (exact) mass is 495 g/mol. The summed E-state index contributed by atoms with van der Waals surface area (Å²) in [6, 6.07) is 16.7. The maximum atomic E-state index is 14.0. The fourth-order valence-corrected chi connectivity index (χ4v) is 4.39. The molecule has 3 aromatic carbocycles. The minimum absolute atomic E-state index is 0.0677. The molecule has 0 bridgehead atoms. The zero-order valence-corrected chi connectivity index (χ0v) is 18.9. The summed E-state index contributed by atoms with van der Waals surface area (Å²) in [7, 11) is 1.52. The molecule has 1 N–H and O–H groups in total. The van der Waals surface area contributed by atoms with E-state index in [1.165, 1.54) is 30.2 Å². The second-order valence-corrected chi connectivity index (χ2v) is 8.27. The van der Waals surface area contributed by atoms with Crippen LogP contribution in [0.3, 0.4) is 0 Å². The van der Waals surface area contributed by atoms with Crippen molar-refractivity contribution in [2.24, 2.45) is 0 Å². The number of ether oxygens (including phenoxy) is 1. The summed E-state index contributed by atoms with van der Waals surface area (Å²) >= 11 is 3.37. The first-order valence-corrected chi connectivity index (χ1v) is 10.6. The van der Waals surface area contributed by atoms with E-state index in [0.29, 0.717) is 21.3 Å². The number of benzene rings is 3. The second-order valence-electron chi connectivity index (χ2n) is 7.41. The Morgan fingerprint density at radius 2 is 1.81 bits per heavy atom. The van der Waals surface area contributed by atoms with Gasteiger partial charge in [-0.2, -0.15) is 0 Å². The number of aliphatic hydroxyl groups is 1. The van der Waals surface area contributed by atoms with Crippen molar-refractivity contribution in [2.45, 2.75) is 13.0 Å². The standard InChI is InChI=1S/C25H19BrFNO4/c1-14-5-3-6-15(11-14)22-21(23(29)16-9-10-20(32-2)19(26)12-16)24(30)25(31)28(22)18-8-4-7-17(27)13-18/h3-13,22,29H,1-2H3/b23-21+. The molecule has 1 aliphatic heterocycles. The number of aliphatic hydroxyl groups excluding tert-OH is 1. The van der Waals surface area contributed by atoms with Gasteiger partial charge in [-0.25, -0.2) is 4.39 Å². The van der Waals surface area contributed by atoms with Gasteiger partial charge in [-0.1, -0.05) is 35.9 Å². The summed E-state index contributed by atoms with van der Waals surface area (Å²) < 4.78 is 19.8. The quantitative estimate of drug-likeness (QED) is 0.293. The van der Waals surface area contributed by atoms with E-state index in [9.17, 15) is 19.1 Å². The molecule has 162 valence electrons. The molecule has 5 nitrogen and oxygen atoms in total. The molecule has 0 spiro atoms. The lowest BCUT2D eigenvalue weighted by Crippen LogP contribution is -2.29. The van der Waals surface area contributed by atoms with Crippen LogP contribution in [0.5, 0.6) is 5.75 Å². The summed E-state index contributed by atoms with van der Waals surface area (Å²) in [5.41, 5.74) is 2.05. The highest BCUT2D eigenvalue weighted by molar-refractivity contribution is 9.10. The largest absolute Gasteiger partial charge is 0.507 e. The predicted molar refractivity (Wildman–Crippen MR) is 123 cm³/mol. The smallest absolute Gasteiger partial charge is 0.300 e. The summed E-state index contributed by atoms with van der Waals surface area (Å²) in [5.74, 6) is -1.98. The maximum absolute atomic E-state index is 14.0. The molecule has 1 amide bonds. The van der Waals surface area contributed by atoms with Crippen LogP contribution in [0.25, 0.3) is 5.76 Å². The first kappa shape index (κ1) is 21.8. The number of amides is 1. The van der Waals surface area contributed by atoms with Crippen LogP contribution in [0, 0.1) is 12.7 Å². The second kappa shape index (κ2) is 8.59. The molecule has 4 rings (SSSR count). The molecule has 1 fully saturated rings. The number of nitrogens with zero attached hydrogens (tertiary/aromatic N) is 1. The summed E-state index contributed by atoms with van der Waals surface area (Å²) in [6.07, 6.45) is 0. The van der Waals surface area contributed by atoms with Gasteiger partial charge in [-0.15, -0.1) is 0 Å². The van der Waals surface area contributed by atoms with E-state index in [2.05, 4.69) is 15.9 Å². The van der Waals surface area contributed by atoms with Crippen molar-refractivity contribution >= 4 is 39.1 Å². The Labute approximate surface area is 192 Å². The van der Waals surface area contributed by atoms with E-state index in [4.69, 9.17) is 4.74 Å². The molecular weight excluding hydrogens is 477 g/mol. The molecule has 1 atom stereocenters. The van der Waals surface area contributed by atoms with E-state index in [0.717, 1.165) is 5.56 Å². The van der Waals surface area contributed by atoms with E-state index in [1.807, 2.05) is 19.1 Å². The number of rotatable bonds is 4. The van der Waals surface area contributed by atoms with Crippen LogP contribution in [-0.4, -0.2) is 23.9 Å². The molecule has 0 saturated carbocycles. The third kappa shape index (κ3) is 3.80. The summed E-state index contributed by atoms with van der Waals surface area (Å²) in [5, 5.41) is 11.2. The Morgan fingerprint density at radius 1 is 1.06 bits per heavy atom. The van der Waals surface area contributed by atoms with Gasteiger partial charge < -0.3 is 9.84 Å². The number of ketones is 1. The topological polar surface area (TPSA) is 66.8 Å². The van der Waals surface area contributed by atoms with Crippen LogP contribution < -0.4 is 9.64 Å². The highest BCUT2D eigenvalue weighted by atomic mass is 79.9. The fourth-order valence-electron chi connectivity index (χ4n) is 3.85. The van der Waals surface area contributed by atoms with Crippen LogP contribution in [0.4, 0.5) is 10.1 Å². The fraction of sp³-hybridized carbons (Fsp3) is 0.120. The molecule has 1 aliphatic rings. The highest BCUT2D eigenvalue weighted by Gasteiger charge is 2.47. The van der Waals surface area contributed by atoms with Gasteiger partial charge in [0.05, 0.1) is 23.2 Å². The number of aryl methyl sites for hydroxylation is 1. The first-order valence-electron chi connectivity index (χ1n) is 9.79. The first-order chi connectivity index (χ1) is 15.3. The van der Waals surface area contributed by atoms with Gasteiger partial charge in [-0.3, -0.25) is 14.5 Å². The van der Waals surface area contributed by atoms with Gasteiger partial charge >= 0.3 is 0 Å². The van der Waals surface area contributed by atoms with Crippen molar-refractivity contribution in [3.05, 3.63) is 99.3 Å². The van der Waals surface area contributed by atoms with Gasteiger partial charge in [0.1, 0.15) is 17.3 Å². The molecule has 0 radical (unpaired) electrons. The summed E-state index contributed by atoms with van der Waals surface area (Å²) in [6.45, 7) is 1.89. The van der Waals surface area contributed by atoms with Gasteiger partial charge in [-0.05, 0) is 64.8 Å². The van der Waals surface area contributed by atoms with Crippen LogP contribution in [0.2, 0.25) is 0 Å². The van der Waals surface area contributed by atoms with Gasteiger partial charge in [0.2, 0.25) is 0 Å². The number of methoxy groups -OCH3 is 1. The van der Waals surface area contributed by atoms with Crippen LogP contribution in [0.1, 0.15) is 22.7 Å². The minimum Gasteiger partial charge on any atom is -0.507 e. The number of carbonyl (C=O) groups excluding carboxylic acids is 2. The average molecular weight is 496 g/mol. The molecule has 3 aromatic rings. The lowest BCUT2D eigenvalue weighted by atomic mass is 9.94. The van der Waals surface area contributed by atoms with E-state index >= 15 is 0 Å². The van der Waals surface area contributed by atoms with E-state index in [-0.39, 0.29) is 17.0 Å². The number of hydrogen-bond acceptors (Lipinski definition) is 4. The Morgan fingerprint density at radius 3 is 2.47 bits per heavy atom. The molecule has 0 aromatic heterocycles. The van der Waals surface area contributed by atoms with Crippen molar-refractivity contribution in [1.82, 2.24) is 0 Å². The van der Waals surface area contributed by atoms with E-state index in [1.54, 1.807) is 36.4 Å². The van der Waals surface area contributed by atoms with Crippen LogP contribution in [0.15, 0.2) is 76.8 Å². The Balaban J connectivity index is 1.95. The molecule has 1 unspecified atom stereocenters. The number of halogens is 2. The number of anilines is 1. The number of carbonyl (C=O) groups is 2. The highest BCUT2D eigenvalue weighted by Crippen LogP contribution is 2.43. The SMILES string of the molecule is COc1ccc(/C(O)=C2\C(=O)C(=O)N(c3cccc(F)c3)C2c2cccc(C)c2)cc1Br. The Kier molecular flexibility index (Phi) is 5.84. The van der Waals surface area contributed by atoms with Crippen LogP contribution >= 0.6 is 15.9 Å². The lowest BCUT2D eigenvalue weighted by Gasteiger charge is -2.25. The summed E-state index contributed by atoms with van der Waals surface area (Å²) in [4.78, 5) is 27.4. The van der Waals surface area contributed by atoms with E-state index < -0.39 is 23.5 Å². The van der Waals surface area contributed by atoms with Crippen molar-refractivity contribution in [2.75, 3.05) is 12.0 Å². The number of Topliss-reactive ketones (excluding diaryl/α,β-unsaturated/α-hetero) is 1. The zero-order valence-electron chi connectivity index (χ0n) is 17.3. The van der Waals surface area contributed by atoms with Gasteiger partial charge in [0.25, 0.3) is 11.7 Å². The molecule has 7 heteroatoms. The minimum atomic E-state index is -0.919. The maximum Gasteiger partial charge on any atom is 0.300 e. The number of hydrogen-bond donors (Lipinski definition) is 1. The molecule has 0 aliphatic carbocycles. The predicted octanol–water partition coefficient (Wildman–Crippen LogP) is 5.53. The molecule has 1 saturated heterocycles. The Hall–Kier alpha value is -3.45. The average Bonchev–Trinajstić information content (AvgIpc) is 3.04. The van der Waals surface area contributed by atoms with Crippen molar-refractivity contribution in [1.29, 1.82) is 0 Å². The Bertz CT molecular complexity index is 1270. The van der Waals surface area contributed by atoms with Gasteiger partial charge in [0, 0.05) is 11.3 Å². The van der Waals surface area contributed by atoms with Crippen molar-refractivity contribution in [3.63, 3.8) is 0 Å². The third-order valence-corrected chi connectivity index (χ3v) is 5.93. The van der Waals surface area contributed by atoms with Crippen molar-refractivity contribution in [3.8, 4) is 5.75 Å². The third-order valence-electron chi connectivity index (χ3n) is 5.31.